The first-order valence-corrected chi connectivity index (χ1v) is 6.46. The second-order valence-electron chi connectivity index (χ2n) is 3.85. The van der Waals surface area contributed by atoms with Crippen LogP contribution in [-0.4, -0.2) is 33.0 Å². The van der Waals surface area contributed by atoms with Crippen molar-refractivity contribution in [3.63, 3.8) is 0 Å². The molecule has 1 heterocycles. The van der Waals surface area contributed by atoms with Gasteiger partial charge in [-0.3, -0.25) is 0 Å². The number of aromatic carboxylic acids is 1. The van der Waals surface area contributed by atoms with Crippen LogP contribution in [0.5, 0.6) is 0 Å². The molecule has 4 nitrogen and oxygen atoms in total. The van der Waals surface area contributed by atoms with E-state index in [1.54, 1.807) is 12.1 Å². The highest BCUT2D eigenvalue weighted by Gasteiger charge is 2.11. The van der Waals surface area contributed by atoms with Crippen LogP contribution in [0.4, 0.5) is 0 Å². The SMILES string of the molecule is CCCc1cc(C(=O)O)cc(SC(C)CO)n1. The van der Waals surface area contributed by atoms with Gasteiger partial charge < -0.3 is 10.2 Å². The van der Waals surface area contributed by atoms with Gasteiger partial charge in [0, 0.05) is 10.9 Å². The molecule has 1 rings (SSSR count). The minimum Gasteiger partial charge on any atom is -0.478 e. The van der Waals surface area contributed by atoms with Crippen LogP contribution in [0.15, 0.2) is 17.2 Å². The van der Waals surface area contributed by atoms with Crippen LogP contribution in [0, 0.1) is 0 Å². The normalized spacial score (nSPS) is 12.4. The summed E-state index contributed by atoms with van der Waals surface area (Å²) in [6.07, 6.45) is 1.69. The molecule has 1 aromatic rings. The molecule has 2 N–H and O–H groups in total. The number of carbonyl (C=O) groups is 1. The Kier molecular flexibility index (Phi) is 5.44. The first-order chi connectivity index (χ1) is 8.06. The minimum absolute atomic E-state index is 0.0148. The number of carboxylic acid groups (broad SMARTS) is 1. The maximum atomic E-state index is 11.0. The zero-order valence-corrected chi connectivity index (χ0v) is 10.8. The Labute approximate surface area is 105 Å². The van der Waals surface area contributed by atoms with Gasteiger partial charge in [0.05, 0.1) is 17.2 Å². The molecule has 0 saturated heterocycles. The third-order valence-corrected chi connectivity index (χ3v) is 3.19. The van der Waals surface area contributed by atoms with Crippen LogP contribution in [0.3, 0.4) is 0 Å². The Hall–Kier alpha value is -1.07. The van der Waals surface area contributed by atoms with E-state index in [1.165, 1.54) is 11.8 Å². The summed E-state index contributed by atoms with van der Waals surface area (Å²) < 4.78 is 0. The smallest absolute Gasteiger partial charge is 0.335 e. The highest BCUT2D eigenvalue weighted by Crippen LogP contribution is 2.23. The molecule has 0 saturated carbocycles. The number of thioether (sulfide) groups is 1. The number of hydrogen-bond donors (Lipinski definition) is 2. The van der Waals surface area contributed by atoms with Crippen molar-refractivity contribution in [2.75, 3.05) is 6.61 Å². The molecule has 0 aromatic carbocycles. The number of rotatable bonds is 6. The molecule has 0 aliphatic heterocycles. The fourth-order valence-electron chi connectivity index (χ4n) is 1.37. The maximum absolute atomic E-state index is 11.0. The summed E-state index contributed by atoms with van der Waals surface area (Å²) in [6, 6.07) is 3.16. The van der Waals surface area contributed by atoms with Gasteiger partial charge in [-0.15, -0.1) is 11.8 Å². The van der Waals surface area contributed by atoms with Crippen LogP contribution >= 0.6 is 11.8 Å². The topological polar surface area (TPSA) is 70.4 Å². The molecule has 0 aliphatic carbocycles. The second kappa shape index (κ2) is 6.61. The lowest BCUT2D eigenvalue weighted by atomic mass is 10.2. The minimum atomic E-state index is -0.941. The molecule has 1 atom stereocenters. The molecular formula is C12H17NO3S. The van der Waals surface area contributed by atoms with Crippen molar-refractivity contribution in [2.24, 2.45) is 0 Å². The average Bonchev–Trinajstić information content (AvgIpc) is 2.29. The lowest BCUT2D eigenvalue weighted by molar-refractivity contribution is 0.0696. The van der Waals surface area contributed by atoms with Crippen molar-refractivity contribution in [3.05, 3.63) is 23.4 Å². The molecule has 0 fully saturated rings. The van der Waals surface area contributed by atoms with Crippen LogP contribution in [0.25, 0.3) is 0 Å². The van der Waals surface area contributed by atoms with Gasteiger partial charge in [0.15, 0.2) is 0 Å². The summed E-state index contributed by atoms with van der Waals surface area (Å²) in [5, 5.41) is 18.7. The molecule has 94 valence electrons. The van der Waals surface area contributed by atoms with Gasteiger partial charge in [-0.25, -0.2) is 9.78 Å². The summed E-state index contributed by atoms with van der Waals surface area (Å²) in [5.41, 5.74) is 1.05. The summed E-state index contributed by atoms with van der Waals surface area (Å²) in [4.78, 5) is 15.4. The third kappa shape index (κ3) is 4.36. The number of hydrogen-bond acceptors (Lipinski definition) is 4. The van der Waals surface area contributed by atoms with Gasteiger partial charge in [0.1, 0.15) is 0 Å². The number of aliphatic hydroxyl groups excluding tert-OH is 1. The van der Waals surface area contributed by atoms with E-state index in [1.807, 2.05) is 13.8 Å². The fraction of sp³-hybridized carbons (Fsp3) is 0.500. The van der Waals surface area contributed by atoms with E-state index < -0.39 is 5.97 Å². The Balaban J connectivity index is 2.99. The number of aromatic nitrogens is 1. The van der Waals surface area contributed by atoms with Crippen molar-refractivity contribution in [1.82, 2.24) is 4.98 Å². The van der Waals surface area contributed by atoms with Crippen molar-refractivity contribution in [1.29, 1.82) is 0 Å². The lowest BCUT2D eigenvalue weighted by Crippen LogP contribution is -2.05. The highest BCUT2D eigenvalue weighted by molar-refractivity contribution is 7.99. The lowest BCUT2D eigenvalue weighted by Gasteiger charge is -2.09. The molecule has 0 aliphatic rings. The third-order valence-electron chi connectivity index (χ3n) is 2.19. The van der Waals surface area contributed by atoms with Crippen LogP contribution in [0.2, 0.25) is 0 Å². The standard InChI is InChI=1S/C12H17NO3S/c1-3-4-10-5-9(12(15)16)6-11(13-10)17-8(2)7-14/h5-6,8,14H,3-4,7H2,1-2H3,(H,15,16). The Bertz CT molecular complexity index is 395. The van der Waals surface area contributed by atoms with Gasteiger partial charge in [0.2, 0.25) is 0 Å². The van der Waals surface area contributed by atoms with E-state index in [2.05, 4.69) is 4.98 Å². The van der Waals surface area contributed by atoms with Gasteiger partial charge in [0.25, 0.3) is 0 Å². The van der Waals surface area contributed by atoms with Crippen molar-refractivity contribution in [3.8, 4) is 0 Å². The number of nitrogens with zero attached hydrogens (tertiary/aromatic N) is 1. The first kappa shape index (κ1) is 14.0. The van der Waals surface area contributed by atoms with E-state index in [9.17, 15) is 4.79 Å². The number of carboxylic acids is 1. The zero-order valence-electron chi connectivity index (χ0n) is 10.0. The molecule has 0 spiro atoms. The molecule has 5 heteroatoms. The van der Waals surface area contributed by atoms with Gasteiger partial charge in [-0.2, -0.15) is 0 Å². The highest BCUT2D eigenvalue weighted by atomic mass is 32.2. The largest absolute Gasteiger partial charge is 0.478 e. The monoisotopic (exact) mass is 255 g/mol. The Morgan fingerprint density at radius 1 is 1.53 bits per heavy atom. The van der Waals surface area contributed by atoms with Crippen molar-refractivity contribution >= 4 is 17.7 Å². The number of aliphatic hydroxyl groups is 1. The predicted molar refractivity (Wildman–Crippen MR) is 67.6 cm³/mol. The van der Waals surface area contributed by atoms with Crippen molar-refractivity contribution < 1.29 is 15.0 Å². The molecule has 1 unspecified atom stereocenters. The molecule has 0 bridgehead atoms. The molecule has 1 aromatic heterocycles. The fourth-order valence-corrected chi connectivity index (χ4v) is 2.22. The van der Waals surface area contributed by atoms with Gasteiger partial charge in [-0.1, -0.05) is 20.3 Å². The Morgan fingerprint density at radius 3 is 2.76 bits per heavy atom. The Morgan fingerprint density at radius 2 is 2.24 bits per heavy atom. The van der Waals surface area contributed by atoms with Gasteiger partial charge >= 0.3 is 5.97 Å². The van der Waals surface area contributed by atoms with E-state index in [-0.39, 0.29) is 17.4 Å². The van der Waals surface area contributed by atoms with E-state index in [0.717, 1.165) is 18.5 Å². The quantitative estimate of drug-likeness (QED) is 0.763. The summed E-state index contributed by atoms with van der Waals surface area (Å²) in [6.45, 7) is 3.95. The van der Waals surface area contributed by atoms with Crippen LogP contribution < -0.4 is 0 Å². The molecular weight excluding hydrogens is 238 g/mol. The summed E-state index contributed by atoms with van der Waals surface area (Å²) >= 11 is 1.39. The number of aryl methyl sites for hydroxylation is 1. The number of pyridine rings is 1. The maximum Gasteiger partial charge on any atom is 0.335 e. The predicted octanol–water partition coefficient (Wildman–Crippen LogP) is 2.21. The average molecular weight is 255 g/mol. The molecule has 0 radical (unpaired) electrons. The zero-order chi connectivity index (χ0) is 12.8. The summed E-state index contributed by atoms with van der Waals surface area (Å²) in [5.74, 6) is -0.941. The second-order valence-corrected chi connectivity index (χ2v) is 5.31. The first-order valence-electron chi connectivity index (χ1n) is 5.58. The van der Waals surface area contributed by atoms with Crippen molar-refractivity contribution in [2.45, 2.75) is 37.0 Å². The van der Waals surface area contributed by atoms with Crippen LogP contribution in [-0.2, 0) is 6.42 Å². The molecule has 0 amide bonds. The molecule has 17 heavy (non-hydrogen) atoms. The van der Waals surface area contributed by atoms with E-state index in [4.69, 9.17) is 10.2 Å². The summed E-state index contributed by atoms with van der Waals surface area (Å²) in [7, 11) is 0. The van der Waals surface area contributed by atoms with E-state index in [0.29, 0.717) is 5.03 Å². The van der Waals surface area contributed by atoms with Gasteiger partial charge in [-0.05, 0) is 18.6 Å². The van der Waals surface area contributed by atoms with Crippen LogP contribution in [0.1, 0.15) is 36.3 Å². The van der Waals surface area contributed by atoms with E-state index >= 15 is 0 Å².